The van der Waals surface area contributed by atoms with Crippen LogP contribution in [0.5, 0.6) is 0 Å². The molecule has 0 amide bonds. The predicted molar refractivity (Wildman–Crippen MR) is 51.5 cm³/mol. The van der Waals surface area contributed by atoms with Crippen molar-refractivity contribution in [3.8, 4) is 0 Å². The van der Waals surface area contributed by atoms with E-state index in [1.807, 2.05) is 0 Å². The lowest BCUT2D eigenvalue weighted by atomic mass is 10.7. The number of carbonyl (C=O) groups is 1. The first-order valence-electron chi connectivity index (χ1n) is 2.43. The smallest absolute Gasteiger partial charge is 0.361 e. The van der Waals surface area contributed by atoms with Crippen molar-refractivity contribution in [2.45, 2.75) is 8.31 Å². The summed E-state index contributed by atoms with van der Waals surface area (Å²) in [7, 11) is 0. The van der Waals surface area contributed by atoms with Crippen molar-refractivity contribution in [2.24, 2.45) is 0 Å². The molecule has 72 valence electrons. The van der Waals surface area contributed by atoms with Crippen LogP contribution in [0, 0.1) is 0 Å². The summed E-state index contributed by atoms with van der Waals surface area (Å²) in [6, 6.07) is 0. The van der Waals surface area contributed by atoms with Crippen LogP contribution in [0.25, 0.3) is 0 Å². The van der Waals surface area contributed by atoms with Gasteiger partial charge >= 0.3 is 5.97 Å². The Balaban J connectivity index is 4.20. The van der Waals surface area contributed by atoms with E-state index in [1.54, 1.807) is 0 Å². The maximum absolute atomic E-state index is 10.8. The highest BCUT2D eigenvalue weighted by molar-refractivity contribution is 6.75. The van der Waals surface area contributed by atoms with E-state index in [-0.39, 0.29) is 5.88 Å². The highest BCUT2D eigenvalue weighted by atomic mass is 35.6. The number of alkyl halides is 6. The Kier molecular flexibility index (Phi) is 5.09. The third kappa shape index (κ3) is 5.05. The lowest BCUT2D eigenvalue weighted by Gasteiger charge is -2.19. The number of ether oxygens (including phenoxy) is 1. The van der Waals surface area contributed by atoms with Crippen molar-refractivity contribution in [1.82, 2.24) is 0 Å². The Morgan fingerprint density at radius 3 is 1.83 bits per heavy atom. The summed E-state index contributed by atoms with van der Waals surface area (Å²) in [5, 5.41) is 0. The molecule has 12 heavy (non-hydrogen) atoms. The molecule has 0 N–H and O–H groups in total. The molecule has 0 saturated heterocycles. The Bertz CT molecular complexity index is 173. The molecule has 8 heteroatoms. The van der Waals surface area contributed by atoms with Crippen molar-refractivity contribution in [3.63, 3.8) is 0 Å². The number of esters is 1. The van der Waals surface area contributed by atoms with Crippen LogP contribution in [0.2, 0.25) is 0 Å². The standard InChI is InChI=1S/C4H2Cl6O2/c5-1-3(6,7)12-2(11)4(8,9)10/h1H2. The van der Waals surface area contributed by atoms with Crippen LogP contribution >= 0.6 is 69.6 Å². The summed E-state index contributed by atoms with van der Waals surface area (Å²) < 4.78 is 0.236. The third-order valence-electron chi connectivity index (χ3n) is 0.629. The number of halogens is 6. The SMILES string of the molecule is O=C(OC(Cl)(Cl)CCl)C(Cl)(Cl)Cl. The van der Waals surface area contributed by atoms with E-state index in [2.05, 4.69) is 4.74 Å². The second kappa shape index (κ2) is 4.63. The van der Waals surface area contributed by atoms with Crippen molar-refractivity contribution in [1.29, 1.82) is 0 Å². The van der Waals surface area contributed by atoms with Crippen LogP contribution in [0.15, 0.2) is 0 Å². The van der Waals surface area contributed by atoms with Gasteiger partial charge < -0.3 is 4.74 Å². The van der Waals surface area contributed by atoms with E-state index in [0.717, 1.165) is 0 Å². The monoisotopic (exact) mass is 292 g/mol. The normalized spacial score (nSPS) is 12.8. The highest BCUT2D eigenvalue weighted by Gasteiger charge is 2.39. The van der Waals surface area contributed by atoms with Gasteiger partial charge in [0, 0.05) is 0 Å². The van der Waals surface area contributed by atoms with Crippen molar-refractivity contribution in [2.75, 3.05) is 5.88 Å². The Hall–Kier alpha value is 1.21. The Morgan fingerprint density at radius 2 is 1.58 bits per heavy atom. The van der Waals surface area contributed by atoms with Crippen LogP contribution in [0.4, 0.5) is 0 Å². The van der Waals surface area contributed by atoms with Crippen LogP contribution < -0.4 is 0 Å². The minimum atomic E-state index is -2.21. The molecule has 0 aliphatic heterocycles. The molecule has 0 aromatic rings. The van der Waals surface area contributed by atoms with Gasteiger partial charge in [0.15, 0.2) is 0 Å². The van der Waals surface area contributed by atoms with E-state index in [4.69, 9.17) is 69.6 Å². The fourth-order valence-corrected chi connectivity index (χ4v) is 0.531. The molecule has 0 bridgehead atoms. The van der Waals surface area contributed by atoms with Crippen LogP contribution in [-0.4, -0.2) is 20.2 Å². The molecule has 2 nitrogen and oxygen atoms in total. The van der Waals surface area contributed by atoms with Gasteiger partial charge in [-0.2, -0.15) is 0 Å². The largest absolute Gasteiger partial charge is 0.424 e. The van der Waals surface area contributed by atoms with Crippen molar-refractivity contribution in [3.05, 3.63) is 0 Å². The van der Waals surface area contributed by atoms with Crippen molar-refractivity contribution >= 4 is 75.6 Å². The molecule has 0 rings (SSSR count). The van der Waals surface area contributed by atoms with Gasteiger partial charge in [-0.05, 0) is 0 Å². The Morgan fingerprint density at radius 1 is 1.17 bits per heavy atom. The second-order valence-electron chi connectivity index (χ2n) is 1.66. The minimum absolute atomic E-state index is 0.331. The lowest BCUT2D eigenvalue weighted by Crippen LogP contribution is -2.31. The van der Waals surface area contributed by atoms with E-state index >= 15 is 0 Å². The van der Waals surface area contributed by atoms with Gasteiger partial charge in [0.2, 0.25) is 0 Å². The predicted octanol–water partition coefficient (Wildman–Crippen LogP) is 3.27. The molecular weight excluding hydrogens is 293 g/mol. The fraction of sp³-hybridized carbons (Fsp3) is 0.750. The summed E-state index contributed by atoms with van der Waals surface area (Å²) in [4.78, 5) is 10.8. The van der Waals surface area contributed by atoms with E-state index in [1.165, 1.54) is 0 Å². The number of carbonyl (C=O) groups excluding carboxylic acids is 1. The van der Waals surface area contributed by atoms with Gasteiger partial charge in [-0.25, -0.2) is 4.79 Å². The maximum atomic E-state index is 10.8. The molecule has 0 radical (unpaired) electrons. The molecule has 0 aliphatic carbocycles. The number of hydrogen-bond donors (Lipinski definition) is 0. The summed E-state index contributed by atoms with van der Waals surface area (Å²) in [6.07, 6.45) is 0. The van der Waals surface area contributed by atoms with Crippen molar-refractivity contribution < 1.29 is 9.53 Å². The van der Waals surface area contributed by atoms with Crippen LogP contribution in [0.3, 0.4) is 0 Å². The third-order valence-corrected chi connectivity index (χ3v) is 2.16. The molecule has 0 aromatic heterocycles. The van der Waals surface area contributed by atoms with Gasteiger partial charge in [0.05, 0.1) is 5.88 Å². The topological polar surface area (TPSA) is 26.3 Å². The molecule has 0 heterocycles. The van der Waals surface area contributed by atoms with Crippen LogP contribution in [-0.2, 0) is 9.53 Å². The average Bonchev–Trinajstić information content (AvgIpc) is 1.85. The molecular formula is C4H2Cl6O2. The number of rotatable bonds is 2. The molecule has 0 spiro atoms. The fourth-order valence-electron chi connectivity index (χ4n) is 0.221. The molecule has 0 fully saturated rings. The molecule has 0 aliphatic rings. The van der Waals surface area contributed by atoms with Crippen LogP contribution in [0.1, 0.15) is 0 Å². The Labute approximate surface area is 98.9 Å². The first-order valence-corrected chi connectivity index (χ1v) is 4.85. The quantitative estimate of drug-likeness (QED) is 0.577. The zero-order valence-electron chi connectivity index (χ0n) is 5.29. The zero-order valence-corrected chi connectivity index (χ0v) is 9.83. The first kappa shape index (κ1) is 13.2. The first-order chi connectivity index (χ1) is 5.19. The van der Waals surface area contributed by atoms with E-state index in [0.29, 0.717) is 0 Å². The molecule has 0 atom stereocenters. The molecule has 0 unspecified atom stereocenters. The van der Waals surface area contributed by atoms with Gasteiger partial charge in [-0.15, -0.1) is 11.6 Å². The number of hydrogen-bond acceptors (Lipinski definition) is 2. The van der Waals surface area contributed by atoms with Gasteiger partial charge in [0.1, 0.15) is 0 Å². The van der Waals surface area contributed by atoms with E-state index in [9.17, 15) is 4.79 Å². The summed E-state index contributed by atoms with van der Waals surface area (Å²) in [5.41, 5.74) is 0. The van der Waals surface area contributed by atoms with E-state index < -0.39 is 14.3 Å². The van der Waals surface area contributed by atoms with Gasteiger partial charge in [-0.1, -0.05) is 58.0 Å². The van der Waals surface area contributed by atoms with Gasteiger partial charge in [-0.3, -0.25) is 0 Å². The molecule has 0 aromatic carbocycles. The molecule has 0 saturated carbocycles. The summed E-state index contributed by atoms with van der Waals surface area (Å²) in [6.45, 7) is 0. The minimum Gasteiger partial charge on any atom is -0.424 e. The summed E-state index contributed by atoms with van der Waals surface area (Å²) >= 11 is 31.3. The summed E-state index contributed by atoms with van der Waals surface area (Å²) in [5.74, 6) is -1.51. The lowest BCUT2D eigenvalue weighted by molar-refractivity contribution is -0.145. The second-order valence-corrected chi connectivity index (χ2v) is 5.62. The highest BCUT2D eigenvalue weighted by Crippen LogP contribution is 2.32. The van der Waals surface area contributed by atoms with Gasteiger partial charge in [0.25, 0.3) is 8.31 Å². The maximum Gasteiger partial charge on any atom is 0.361 e. The average molecular weight is 295 g/mol. The zero-order chi connectivity index (χ0) is 9.99.